The number of hydrogen-bond donors (Lipinski definition) is 1. The van der Waals surface area contributed by atoms with E-state index in [1.807, 2.05) is 13.8 Å². The average Bonchev–Trinajstić information content (AvgIpc) is 2.71. The van der Waals surface area contributed by atoms with Crippen LogP contribution in [0.2, 0.25) is 0 Å². The maximum atomic E-state index is 12.4. The lowest BCUT2D eigenvalue weighted by atomic mass is 10.2. The topological polar surface area (TPSA) is 65.4 Å². The minimum Gasteiger partial charge on any atom is -0.377 e. The van der Waals surface area contributed by atoms with E-state index in [-0.39, 0.29) is 18.1 Å². The first-order chi connectivity index (χ1) is 10.1. The van der Waals surface area contributed by atoms with Crippen LogP contribution in [0, 0.1) is 11.3 Å². The van der Waals surface area contributed by atoms with Crippen LogP contribution in [-0.2, 0) is 9.53 Å². The molecule has 1 aliphatic rings. The molecule has 2 atom stereocenters. The third kappa shape index (κ3) is 4.28. The van der Waals surface area contributed by atoms with Crippen LogP contribution in [0.1, 0.15) is 25.8 Å². The fraction of sp³-hybridized carbons (Fsp3) is 0.500. The van der Waals surface area contributed by atoms with Crippen LogP contribution in [0.5, 0.6) is 0 Å². The Morgan fingerprint density at radius 2 is 2.38 bits per heavy atom. The van der Waals surface area contributed by atoms with Crippen molar-refractivity contribution in [3.63, 3.8) is 0 Å². The first kappa shape index (κ1) is 15.5. The molecule has 112 valence electrons. The summed E-state index contributed by atoms with van der Waals surface area (Å²) >= 11 is 0. The lowest BCUT2D eigenvalue weighted by Crippen LogP contribution is -2.44. The standard InChI is InChI=1S/C16H21N3O2/c1-12-11-19(7-4-8-21-12)13(2)16(20)18-15-6-3-5-14(9-15)10-17/h3,5-6,9,12-13H,4,7-8,11H2,1-2H3,(H,18,20). The molecule has 0 bridgehead atoms. The van der Waals surface area contributed by atoms with E-state index in [0.717, 1.165) is 26.1 Å². The Morgan fingerprint density at radius 1 is 1.57 bits per heavy atom. The zero-order chi connectivity index (χ0) is 15.2. The molecule has 0 radical (unpaired) electrons. The monoisotopic (exact) mass is 287 g/mol. The van der Waals surface area contributed by atoms with E-state index in [4.69, 9.17) is 10.00 Å². The van der Waals surface area contributed by atoms with Gasteiger partial charge in [0.25, 0.3) is 0 Å². The third-order valence-corrected chi connectivity index (χ3v) is 3.67. The quantitative estimate of drug-likeness (QED) is 0.923. The number of nitrogens with one attached hydrogen (secondary N) is 1. The van der Waals surface area contributed by atoms with E-state index in [2.05, 4.69) is 16.3 Å². The molecule has 2 unspecified atom stereocenters. The third-order valence-electron chi connectivity index (χ3n) is 3.67. The minimum atomic E-state index is -0.222. The second kappa shape index (κ2) is 7.21. The number of nitrogens with zero attached hydrogens (tertiary/aromatic N) is 2. The second-order valence-corrected chi connectivity index (χ2v) is 5.39. The number of rotatable bonds is 3. The van der Waals surface area contributed by atoms with Gasteiger partial charge >= 0.3 is 0 Å². The predicted octanol–water partition coefficient (Wildman–Crippen LogP) is 2.00. The van der Waals surface area contributed by atoms with Gasteiger partial charge in [0.15, 0.2) is 0 Å². The Morgan fingerprint density at radius 3 is 3.14 bits per heavy atom. The Labute approximate surface area is 125 Å². The summed E-state index contributed by atoms with van der Waals surface area (Å²) < 4.78 is 5.60. The van der Waals surface area contributed by atoms with E-state index < -0.39 is 0 Å². The van der Waals surface area contributed by atoms with Gasteiger partial charge in [0.05, 0.1) is 23.8 Å². The fourth-order valence-electron chi connectivity index (χ4n) is 2.46. The first-order valence-corrected chi connectivity index (χ1v) is 7.27. The van der Waals surface area contributed by atoms with Crippen molar-refractivity contribution in [1.82, 2.24) is 4.90 Å². The van der Waals surface area contributed by atoms with Gasteiger partial charge in [-0.25, -0.2) is 0 Å². The van der Waals surface area contributed by atoms with Gasteiger partial charge in [-0.3, -0.25) is 9.69 Å². The van der Waals surface area contributed by atoms with Crippen LogP contribution in [0.25, 0.3) is 0 Å². The summed E-state index contributed by atoms with van der Waals surface area (Å²) in [6, 6.07) is 8.80. The average molecular weight is 287 g/mol. The zero-order valence-electron chi connectivity index (χ0n) is 12.5. The van der Waals surface area contributed by atoms with Gasteiger partial charge in [0.1, 0.15) is 0 Å². The summed E-state index contributed by atoms with van der Waals surface area (Å²) in [6.07, 6.45) is 1.08. The van der Waals surface area contributed by atoms with Crippen LogP contribution >= 0.6 is 0 Å². The number of ether oxygens (including phenoxy) is 1. The summed E-state index contributed by atoms with van der Waals surface area (Å²) in [6.45, 7) is 6.29. The van der Waals surface area contributed by atoms with E-state index >= 15 is 0 Å². The summed E-state index contributed by atoms with van der Waals surface area (Å²) in [4.78, 5) is 14.5. The molecule has 1 N–H and O–H groups in total. The number of amides is 1. The van der Waals surface area contributed by atoms with Gasteiger partial charge in [0.2, 0.25) is 5.91 Å². The molecule has 0 aromatic heterocycles. The highest BCUT2D eigenvalue weighted by atomic mass is 16.5. The number of anilines is 1. The molecular weight excluding hydrogens is 266 g/mol. The number of benzene rings is 1. The van der Waals surface area contributed by atoms with Crippen LogP contribution < -0.4 is 5.32 Å². The molecule has 1 saturated heterocycles. The SMILES string of the molecule is CC1CN(C(C)C(=O)Nc2cccc(C#N)c2)CCCO1. The molecule has 5 nitrogen and oxygen atoms in total. The van der Waals surface area contributed by atoms with Crippen LogP contribution in [-0.4, -0.2) is 42.6 Å². The van der Waals surface area contributed by atoms with Gasteiger partial charge in [-0.05, 0) is 38.5 Å². The van der Waals surface area contributed by atoms with Crippen LogP contribution in [0.15, 0.2) is 24.3 Å². The Balaban J connectivity index is 2.00. The van der Waals surface area contributed by atoms with Crippen molar-refractivity contribution in [3.05, 3.63) is 29.8 Å². The number of carbonyl (C=O) groups excluding carboxylic acids is 1. The van der Waals surface area contributed by atoms with Crippen molar-refractivity contribution in [2.45, 2.75) is 32.4 Å². The molecule has 0 aliphatic carbocycles. The number of hydrogen-bond acceptors (Lipinski definition) is 4. The van der Waals surface area contributed by atoms with Crippen molar-refractivity contribution in [1.29, 1.82) is 5.26 Å². The highest BCUT2D eigenvalue weighted by molar-refractivity contribution is 5.94. The normalized spacial score (nSPS) is 21.1. The van der Waals surface area contributed by atoms with Gasteiger partial charge in [-0.15, -0.1) is 0 Å². The summed E-state index contributed by atoms with van der Waals surface area (Å²) in [7, 11) is 0. The van der Waals surface area contributed by atoms with Crippen molar-refractivity contribution >= 4 is 11.6 Å². The maximum absolute atomic E-state index is 12.4. The molecule has 1 aromatic carbocycles. The Hall–Kier alpha value is -1.90. The van der Waals surface area contributed by atoms with Crippen LogP contribution in [0.3, 0.4) is 0 Å². The molecule has 0 spiro atoms. The highest BCUT2D eigenvalue weighted by Gasteiger charge is 2.24. The second-order valence-electron chi connectivity index (χ2n) is 5.39. The Kier molecular flexibility index (Phi) is 5.32. The van der Waals surface area contributed by atoms with Crippen molar-refractivity contribution in [2.24, 2.45) is 0 Å². The molecule has 1 amide bonds. The maximum Gasteiger partial charge on any atom is 0.241 e. The van der Waals surface area contributed by atoms with Gasteiger partial charge in [0, 0.05) is 25.4 Å². The molecule has 1 aliphatic heterocycles. The molecular formula is C16H21N3O2. The lowest BCUT2D eigenvalue weighted by Gasteiger charge is -2.27. The zero-order valence-corrected chi connectivity index (χ0v) is 12.5. The van der Waals surface area contributed by atoms with Gasteiger partial charge < -0.3 is 10.1 Å². The van der Waals surface area contributed by atoms with E-state index in [0.29, 0.717) is 11.3 Å². The molecule has 21 heavy (non-hydrogen) atoms. The first-order valence-electron chi connectivity index (χ1n) is 7.27. The number of carbonyl (C=O) groups is 1. The summed E-state index contributed by atoms with van der Waals surface area (Å²) in [5, 5.41) is 11.8. The molecule has 2 rings (SSSR count). The molecule has 0 saturated carbocycles. The largest absolute Gasteiger partial charge is 0.377 e. The Bertz CT molecular complexity index is 539. The predicted molar refractivity (Wildman–Crippen MR) is 80.9 cm³/mol. The molecule has 1 aromatic rings. The fourth-order valence-corrected chi connectivity index (χ4v) is 2.46. The molecule has 1 heterocycles. The highest BCUT2D eigenvalue weighted by Crippen LogP contribution is 2.13. The van der Waals surface area contributed by atoms with Crippen LogP contribution in [0.4, 0.5) is 5.69 Å². The minimum absolute atomic E-state index is 0.0563. The smallest absolute Gasteiger partial charge is 0.241 e. The van der Waals surface area contributed by atoms with Gasteiger partial charge in [-0.1, -0.05) is 6.07 Å². The van der Waals surface area contributed by atoms with Crippen molar-refractivity contribution in [3.8, 4) is 6.07 Å². The van der Waals surface area contributed by atoms with E-state index in [9.17, 15) is 4.79 Å². The van der Waals surface area contributed by atoms with Crippen molar-refractivity contribution < 1.29 is 9.53 Å². The van der Waals surface area contributed by atoms with E-state index in [1.54, 1.807) is 24.3 Å². The summed E-state index contributed by atoms with van der Waals surface area (Å²) in [5.74, 6) is -0.0563. The summed E-state index contributed by atoms with van der Waals surface area (Å²) in [5.41, 5.74) is 1.20. The van der Waals surface area contributed by atoms with E-state index in [1.165, 1.54) is 0 Å². The lowest BCUT2D eigenvalue weighted by molar-refractivity contribution is -0.121. The molecule has 5 heteroatoms. The molecule has 1 fully saturated rings. The number of nitriles is 1. The van der Waals surface area contributed by atoms with Gasteiger partial charge in [-0.2, -0.15) is 5.26 Å². The van der Waals surface area contributed by atoms with Crippen molar-refractivity contribution in [2.75, 3.05) is 25.0 Å².